The largest absolute Gasteiger partial charge is 0.483 e. The van der Waals surface area contributed by atoms with Gasteiger partial charge in [0, 0.05) is 19.3 Å². The van der Waals surface area contributed by atoms with Crippen LogP contribution in [0.15, 0.2) is 53.5 Å². The Morgan fingerprint density at radius 1 is 1.14 bits per heavy atom. The number of nitrogens with one attached hydrogen (secondary N) is 1. The third-order valence-corrected chi connectivity index (χ3v) is 4.41. The molecule has 2 heterocycles. The number of aromatic nitrogens is 3. The van der Waals surface area contributed by atoms with Gasteiger partial charge in [-0.3, -0.25) is 9.20 Å². The van der Waals surface area contributed by atoms with Crippen molar-refractivity contribution in [3.63, 3.8) is 0 Å². The molecule has 0 bridgehead atoms. The van der Waals surface area contributed by atoms with E-state index in [4.69, 9.17) is 4.74 Å². The number of hydrogen-bond donors (Lipinski definition) is 1. The molecule has 0 saturated heterocycles. The molecule has 0 radical (unpaired) electrons. The number of carbonyl (C=O) groups is 1. The number of pyridine rings is 1. The van der Waals surface area contributed by atoms with Crippen molar-refractivity contribution in [2.24, 2.45) is 0 Å². The second-order valence-electron chi connectivity index (χ2n) is 7.67. The lowest BCUT2D eigenvalue weighted by Gasteiger charge is -2.22. The minimum atomic E-state index is -0.189. The predicted molar refractivity (Wildman–Crippen MR) is 108 cm³/mol. The number of amides is 1. The molecule has 28 heavy (non-hydrogen) atoms. The normalized spacial score (nSPS) is 11.5. The van der Waals surface area contributed by atoms with Crippen LogP contribution in [-0.4, -0.2) is 33.2 Å². The molecule has 0 unspecified atom stereocenters. The van der Waals surface area contributed by atoms with Crippen molar-refractivity contribution in [3.8, 4) is 5.75 Å². The minimum Gasteiger partial charge on any atom is -0.483 e. The van der Waals surface area contributed by atoms with Gasteiger partial charge in [-0.2, -0.15) is 0 Å². The first-order valence-corrected chi connectivity index (χ1v) is 9.39. The van der Waals surface area contributed by atoms with Crippen LogP contribution in [0.1, 0.15) is 32.8 Å². The van der Waals surface area contributed by atoms with Crippen molar-refractivity contribution in [2.45, 2.75) is 39.2 Å². The van der Waals surface area contributed by atoms with Gasteiger partial charge in [-0.1, -0.05) is 45.0 Å². The third-order valence-electron chi connectivity index (χ3n) is 4.41. The number of para-hydroxylation sites is 1. The van der Waals surface area contributed by atoms with E-state index in [-0.39, 0.29) is 23.6 Å². The Morgan fingerprint density at radius 3 is 2.64 bits per heavy atom. The van der Waals surface area contributed by atoms with Crippen LogP contribution in [0.4, 0.5) is 0 Å². The SMILES string of the molecule is CC(C)(C)c1ccccc1OCC(=O)NCCCn1nc2ccccn2c1=O. The Bertz CT molecular complexity index is 1010. The lowest BCUT2D eigenvalue weighted by atomic mass is 9.86. The number of ether oxygens (including phenoxy) is 1. The molecule has 3 aromatic rings. The van der Waals surface area contributed by atoms with Crippen molar-refractivity contribution >= 4 is 11.6 Å². The van der Waals surface area contributed by atoms with Crippen molar-refractivity contribution in [1.29, 1.82) is 0 Å². The predicted octanol–water partition coefficient (Wildman–Crippen LogP) is 2.38. The molecule has 7 nitrogen and oxygen atoms in total. The maximum atomic E-state index is 12.2. The molecule has 0 atom stereocenters. The van der Waals surface area contributed by atoms with E-state index < -0.39 is 0 Å². The quantitative estimate of drug-likeness (QED) is 0.637. The van der Waals surface area contributed by atoms with Gasteiger partial charge in [-0.25, -0.2) is 9.48 Å². The first-order valence-electron chi connectivity index (χ1n) is 9.39. The molecular formula is C21H26N4O3. The molecule has 1 amide bonds. The van der Waals surface area contributed by atoms with E-state index in [0.717, 1.165) is 11.3 Å². The van der Waals surface area contributed by atoms with Crippen molar-refractivity contribution in [1.82, 2.24) is 19.5 Å². The number of rotatable bonds is 7. The van der Waals surface area contributed by atoms with E-state index in [1.807, 2.05) is 30.3 Å². The highest BCUT2D eigenvalue weighted by atomic mass is 16.5. The second kappa shape index (κ2) is 8.29. The van der Waals surface area contributed by atoms with E-state index in [1.165, 1.54) is 9.08 Å². The molecule has 0 aliphatic heterocycles. The average Bonchev–Trinajstić information content (AvgIpc) is 2.99. The minimum absolute atomic E-state index is 0.0403. The maximum Gasteiger partial charge on any atom is 0.350 e. The lowest BCUT2D eigenvalue weighted by Crippen LogP contribution is -2.31. The van der Waals surface area contributed by atoms with Gasteiger partial charge >= 0.3 is 5.69 Å². The zero-order chi connectivity index (χ0) is 20.1. The van der Waals surface area contributed by atoms with Crippen LogP contribution < -0.4 is 15.7 Å². The van der Waals surface area contributed by atoms with Crippen LogP contribution in [0.25, 0.3) is 5.65 Å². The van der Waals surface area contributed by atoms with Gasteiger partial charge < -0.3 is 10.1 Å². The van der Waals surface area contributed by atoms with Gasteiger partial charge in [0.25, 0.3) is 5.91 Å². The second-order valence-corrected chi connectivity index (χ2v) is 7.67. The van der Waals surface area contributed by atoms with Gasteiger partial charge in [0.1, 0.15) is 5.75 Å². The Labute approximate surface area is 163 Å². The zero-order valence-electron chi connectivity index (χ0n) is 16.5. The topological polar surface area (TPSA) is 77.6 Å². The highest BCUT2D eigenvalue weighted by molar-refractivity contribution is 5.77. The number of fused-ring (bicyclic) bond motifs is 1. The summed E-state index contributed by atoms with van der Waals surface area (Å²) in [5, 5.41) is 7.09. The van der Waals surface area contributed by atoms with E-state index in [0.29, 0.717) is 25.2 Å². The Hall–Kier alpha value is -3.09. The number of nitrogens with zero attached hydrogens (tertiary/aromatic N) is 3. The molecule has 0 aliphatic rings. The summed E-state index contributed by atoms with van der Waals surface area (Å²) in [6.45, 7) is 7.17. The fourth-order valence-corrected chi connectivity index (χ4v) is 2.98. The molecule has 148 valence electrons. The van der Waals surface area contributed by atoms with Crippen LogP contribution in [0.3, 0.4) is 0 Å². The Morgan fingerprint density at radius 2 is 1.89 bits per heavy atom. The third kappa shape index (κ3) is 4.60. The standard InChI is InChI=1S/C21H26N4O3/c1-21(2,3)16-9-4-5-10-17(16)28-15-19(26)22-12-8-14-25-20(27)24-13-7-6-11-18(24)23-25/h4-7,9-11,13H,8,12,14-15H2,1-3H3,(H,22,26). The van der Waals surface area contributed by atoms with Gasteiger partial charge in [0.05, 0.1) is 0 Å². The fourth-order valence-electron chi connectivity index (χ4n) is 2.98. The molecule has 0 saturated carbocycles. The molecule has 0 fully saturated rings. The van der Waals surface area contributed by atoms with Gasteiger partial charge in [-0.05, 0) is 35.6 Å². The molecule has 1 N–H and O–H groups in total. The Balaban J connectivity index is 1.46. The van der Waals surface area contributed by atoms with E-state index in [1.54, 1.807) is 18.3 Å². The molecule has 7 heteroatoms. The van der Waals surface area contributed by atoms with Crippen molar-refractivity contribution < 1.29 is 9.53 Å². The van der Waals surface area contributed by atoms with Crippen LogP contribution in [-0.2, 0) is 16.8 Å². The number of hydrogen-bond acceptors (Lipinski definition) is 4. The van der Waals surface area contributed by atoms with Crippen LogP contribution >= 0.6 is 0 Å². The highest BCUT2D eigenvalue weighted by Gasteiger charge is 2.18. The first-order chi connectivity index (χ1) is 13.4. The number of benzene rings is 1. The summed E-state index contributed by atoms with van der Waals surface area (Å²) in [6, 6.07) is 13.2. The monoisotopic (exact) mass is 382 g/mol. The number of carbonyl (C=O) groups excluding carboxylic acids is 1. The van der Waals surface area contributed by atoms with Crippen LogP contribution in [0.5, 0.6) is 5.75 Å². The van der Waals surface area contributed by atoms with Gasteiger partial charge in [0.15, 0.2) is 12.3 Å². The Kier molecular flexibility index (Phi) is 5.82. The summed E-state index contributed by atoms with van der Waals surface area (Å²) < 4.78 is 8.63. The lowest BCUT2D eigenvalue weighted by molar-refractivity contribution is -0.123. The molecule has 0 aliphatic carbocycles. The highest BCUT2D eigenvalue weighted by Crippen LogP contribution is 2.30. The summed E-state index contributed by atoms with van der Waals surface area (Å²) in [5.41, 5.74) is 1.44. The molecule has 1 aromatic carbocycles. The molecule has 0 spiro atoms. The summed E-state index contributed by atoms with van der Waals surface area (Å²) in [7, 11) is 0. The maximum absolute atomic E-state index is 12.2. The molecule has 3 rings (SSSR count). The number of aryl methyl sites for hydroxylation is 1. The summed E-state index contributed by atoms with van der Waals surface area (Å²) in [5.74, 6) is 0.535. The van der Waals surface area contributed by atoms with Gasteiger partial charge in [-0.15, -0.1) is 5.10 Å². The van der Waals surface area contributed by atoms with Crippen LogP contribution in [0.2, 0.25) is 0 Å². The van der Waals surface area contributed by atoms with E-state index >= 15 is 0 Å². The van der Waals surface area contributed by atoms with Gasteiger partial charge in [0.2, 0.25) is 0 Å². The summed E-state index contributed by atoms with van der Waals surface area (Å²) in [4.78, 5) is 24.3. The molecular weight excluding hydrogens is 356 g/mol. The summed E-state index contributed by atoms with van der Waals surface area (Å²) >= 11 is 0. The van der Waals surface area contributed by atoms with Crippen LogP contribution in [0, 0.1) is 0 Å². The van der Waals surface area contributed by atoms with E-state index in [9.17, 15) is 9.59 Å². The summed E-state index contributed by atoms with van der Waals surface area (Å²) in [6.07, 6.45) is 2.30. The fraction of sp³-hybridized carbons (Fsp3) is 0.381. The van der Waals surface area contributed by atoms with E-state index in [2.05, 4.69) is 31.2 Å². The van der Waals surface area contributed by atoms with Crippen molar-refractivity contribution in [3.05, 3.63) is 64.7 Å². The smallest absolute Gasteiger partial charge is 0.350 e. The first kappa shape index (κ1) is 19.7. The average molecular weight is 382 g/mol. The van der Waals surface area contributed by atoms with Crippen molar-refractivity contribution in [2.75, 3.05) is 13.2 Å². The zero-order valence-corrected chi connectivity index (χ0v) is 16.5. The molecule has 2 aromatic heterocycles.